The van der Waals surface area contributed by atoms with Crippen LogP contribution in [0.5, 0.6) is 23.0 Å². The van der Waals surface area contributed by atoms with E-state index in [0.717, 1.165) is 23.3 Å². The highest BCUT2D eigenvalue weighted by molar-refractivity contribution is 5.91. The van der Waals surface area contributed by atoms with E-state index in [-0.39, 0.29) is 5.91 Å². The van der Waals surface area contributed by atoms with Gasteiger partial charge < -0.3 is 24.3 Å². The van der Waals surface area contributed by atoms with Crippen molar-refractivity contribution in [2.24, 2.45) is 0 Å². The lowest BCUT2D eigenvalue weighted by Gasteiger charge is -2.12. The number of amides is 1. The van der Waals surface area contributed by atoms with E-state index >= 15 is 0 Å². The van der Waals surface area contributed by atoms with Gasteiger partial charge in [0.05, 0.1) is 28.4 Å². The Morgan fingerprint density at radius 2 is 1.56 bits per heavy atom. The lowest BCUT2D eigenvalue weighted by molar-refractivity contribution is -0.116. The molecule has 6 nitrogen and oxygen atoms in total. The fourth-order valence-electron chi connectivity index (χ4n) is 2.55. The number of carbonyl (C=O) groups is 1. The Morgan fingerprint density at radius 3 is 2.07 bits per heavy atom. The maximum atomic E-state index is 12.0. The van der Waals surface area contributed by atoms with Crippen LogP contribution in [-0.2, 0) is 11.2 Å². The van der Waals surface area contributed by atoms with Crippen LogP contribution in [0.25, 0.3) is 6.08 Å². The first-order valence-electron chi connectivity index (χ1n) is 8.50. The van der Waals surface area contributed by atoms with Crippen LogP contribution < -0.4 is 24.3 Å². The van der Waals surface area contributed by atoms with Gasteiger partial charge in [0.15, 0.2) is 11.5 Å². The van der Waals surface area contributed by atoms with Crippen molar-refractivity contribution in [3.05, 3.63) is 53.6 Å². The molecule has 144 valence electrons. The minimum absolute atomic E-state index is 0.169. The summed E-state index contributed by atoms with van der Waals surface area (Å²) in [5, 5.41) is 2.87. The lowest BCUT2D eigenvalue weighted by atomic mass is 10.1. The van der Waals surface area contributed by atoms with Crippen molar-refractivity contribution in [1.82, 2.24) is 5.32 Å². The second-order valence-corrected chi connectivity index (χ2v) is 5.68. The maximum absolute atomic E-state index is 12.0. The van der Waals surface area contributed by atoms with Crippen LogP contribution in [-0.4, -0.2) is 40.9 Å². The third kappa shape index (κ3) is 5.67. The highest BCUT2D eigenvalue weighted by Crippen LogP contribution is 2.38. The molecule has 0 radical (unpaired) electrons. The average molecular weight is 371 g/mol. The van der Waals surface area contributed by atoms with Crippen LogP contribution in [0.1, 0.15) is 11.1 Å². The molecular weight excluding hydrogens is 346 g/mol. The molecule has 0 saturated heterocycles. The summed E-state index contributed by atoms with van der Waals surface area (Å²) in [5.41, 5.74) is 1.90. The quantitative estimate of drug-likeness (QED) is 0.686. The minimum atomic E-state index is -0.169. The summed E-state index contributed by atoms with van der Waals surface area (Å²) in [5.74, 6) is 2.24. The molecule has 1 N–H and O–H groups in total. The van der Waals surface area contributed by atoms with E-state index in [0.29, 0.717) is 23.8 Å². The molecule has 0 saturated carbocycles. The summed E-state index contributed by atoms with van der Waals surface area (Å²) in [4.78, 5) is 12.0. The van der Waals surface area contributed by atoms with E-state index in [1.807, 2.05) is 24.3 Å². The highest BCUT2D eigenvalue weighted by atomic mass is 16.5. The van der Waals surface area contributed by atoms with E-state index in [4.69, 9.17) is 18.9 Å². The van der Waals surface area contributed by atoms with Crippen molar-refractivity contribution < 1.29 is 23.7 Å². The number of benzene rings is 2. The first-order chi connectivity index (χ1) is 13.1. The van der Waals surface area contributed by atoms with Gasteiger partial charge in [0.1, 0.15) is 5.75 Å². The van der Waals surface area contributed by atoms with Crippen molar-refractivity contribution in [1.29, 1.82) is 0 Å². The lowest BCUT2D eigenvalue weighted by Crippen LogP contribution is -2.23. The van der Waals surface area contributed by atoms with Crippen molar-refractivity contribution in [3.63, 3.8) is 0 Å². The van der Waals surface area contributed by atoms with Gasteiger partial charge in [-0.1, -0.05) is 12.1 Å². The Labute approximate surface area is 159 Å². The molecule has 27 heavy (non-hydrogen) atoms. The van der Waals surface area contributed by atoms with Crippen LogP contribution in [0.15, 0.2) is 42.5 Å². The molecule has 0 aromatic heterocycles. The summed E-state index contributed by atoms with van der Waals surface area (Å²) in [6, 6.07) is 11.3. The van der Waals surface area contributed by atoms with Gasteiger partial charge >= 0.3 is 0 Å². The Morgan fingerprint density at radius 1 is 0.926 bits per heavy atom. The van der Waals surface area contributed by atoms with Crippen LogP contribution in [0.2, 0.25) is 0 Å². The standard InChI is InChI=1S/C21H25NO5/c1-24-17-8-5-15(6-9-17)11-12-22-20(23)10-7-16-13-18(25-2)21(27-4)19(14-16)26-3/h5-10,13-14H,11-12H2,1-4H3,(H,22,23)/b10-7+. The van der Waals surface area contributed by atoms with Crippen LogP contribution in [0, 0.1) is 0 Å². The van der Waals surface area contributed by atoms with Gasteiger partial charge in [0.25, 0.3) is 0 Å². The smallest absolute Gasteiger partial charge is 0.244 e. The van der Waals surface area contributed by atoms with E-state index in [1.165, 1.54) is 6.08 Å². The molecule has 6 heteroatoms. The number of methoxy groups -OCH3 is 4. The van der Waals surface area contributed by atoms with Gasteiger partial charge in [-0.15, -0.1) is 0 Å². The zero-order valence-electron chi connectivity index (χ0n) is 16.1. The van der Waals surface area contributed by atoms with E-state index in [2.05, 4.69) is 5.32 Å². The second-order valence-electron chi connectivity index (χ2n) is 5.68. The molecule has 0 heterocycles. The molecule has 2 aromatic carbocycles. The molecule has 0 aliphatic carbocycles. The van der Waals surface area contributed by atoms with Gasteiger partial charge in [-0.05, 0) is 47.9 Å². The molecule has 0 fully saturated rings. The SMILES string of the molecule is COc1ccc(CCNC(=O)/C=C/c2cc(OC)c(OC)c(OC)c2)cc1. The molecule has 2 aromatic rings. The Bertz CT molecular complexity index is 759. The topological polar surface area (TPSA) is 66.0 Å². The highest BCUT2D eigenvalue weighted by Gasteiger charge is 2.12. The number of ether oxygens (including phenoxy) is 4. The zero-order valence-corrected chi connectivity index (χ0v) is 16.1. The monoisotopic (exact) mass is 371 g/mol. The van der Waals surface area contributed by atoms with E-state index in [1.54, 1.807) is 46.6 Å². The third-order valence-corrected chi connectivity index (χ3v) is 3.99. The molecule has 0 aliphatic rings. The predicted molar refractivity (Wildman–Crippen MR) is 105 cm³/mol. The summed E-state index contributed by atoms with van der Waals surface area (Å²) >= 11 is 0. The number of nitrogens with one attached hydrogen (secondary N) is 1. The van der Waals surface area contributed by atoms with E-state index < -0.39 is 0 Å². The first kappa shape index (κ1) is 20.2. The summed E-state index contributed by atoms with van der Waals surface area (Å²) in [7, 11) is 6.29. The Balaban J connectivity index is 1.93. The minimum Gasteiger partial charge on any atom is -0.497 e. The van der Waals surface area contributed by atoms with Gasteiger partial charge in [-0.25, -0.2) is 0 Å². The van der Waals surface area contributed by atoms with Crippen LogP contribution in [0.3, 0.4) is 0 Å². The molecule has 0 atom stereocenters. The Hall–Kier alpha value is -3.15. The summed E-state index contributed by atoms with van der Waals surface area (Å²) < 4.78 is 21.0. The van der Waals surface area contributed by atoms with E-state index in [9.17, 15) is 4.79 Å². The second kappa shape index (κ2) is 10.1. The molecule has 0 unspecified atom stereocenters. The number of rotatable bonds is 9. The number of carbonyl (C=O) groups excluding carboxylic acids is 1. The van der Waals surface area contributed by atoms with Gasteiger partial charge in [-0.2, -0.15) is 0 Å². The third-order valence-electron chi connectivity index (χ3n) is 3.99. The van der Waals surface area contributed by atoms with Crippen molar-refractivity contribution >= 4 is 12.0 Å². The number of hydrogen-bond acceptors (Lipinski definition) is 5. The normalized spacial score (nSPS) is 10.5. The number of hydrogen-bond donors (Lipinski definition) is 1. The molecule has 2 rings (SSSR count). The largest absolute Gasteiger partial charge is 0.497 e. The fourth-order valence-corrected chi connectivity index (χ4v) is 2.55. The van der Waals surface area contributed by atoms with Crippen LogP contribution in [0.4, 0.5) is 0 Å². The van der Waals surface area contributed by atoms with Crippen molar-refractivity contribution in [3.8, 4) is 23.0 Å². The van der Waals surface area contributed by atoms with Crippen molar-refractivity contribution in [2.75, 3.05) is 35.0 Å². The molecular formula is C21H25NO5. The molecule has 1 amide bonds. The average Bonchev–Trinajstić information content (AvgIpc) is 2.71. The maximum Gasteiger partial charge on any atom is 0.244 e. The first-order valence-corrected chi connectivity index (χ1v) is 8.50. The fraction of sp³-hybridized carbons (Fsp3) is 0.286. The Kier molecular flexibility index (Phi) is 7.55. The van der Waals surface area contributed by atoms with Crippen LogP contribution >= 0.6 is 0 Å². The zero-order chi connectivity index (χ0) is 19.6. The molecule has 0 spiro atoms. The molecule has 0 aliphatic heterocycles. The van der Waals surface area contributed by atoms with Crippen molar-refractivity contribution in [2.45, 2.75) is 6.42 Å². The predicted octanol–water partition coefficient (Wildman–Crippen LogP) is 3.09. The van der Waals surface area contributed by atoms with Gasteiger partial charge in [0, 0.05) is 12.6 Å². The summed E-state index contributed by atoms with van der Waals surface area (Å²) in [6.07, 6.45) is 3.93. The summed E-state index contributed by atoms with van der Waals surface area (Å²) in [6.45, 7) is 0.546. The molecule has 0 bridgehead atoms. The van der Waals surface area contributed by atoms with Gasteiger partial charge in [0.2, 0.25) is 11.7 Å². The van der Waals surface area contributed by atoms with Gasteiger partial charge in [-0.3, -0.25) is 4.79 Å².